The van der Waals surface area contributed by atoms with Crippen molar-refractivity contribution in [3.8, 4) is 23.3 Å². The van der Waals surface area contributed by atoms with Crippen LogP contribution in [0.4, 0.5) is 16.7 Å². The highest BCUT2D eigenvalue weighted by molar-refractivity contribution is 6.05. The molecule has 1 saturated carbocycles. The molecular weight excluding hydrogens is 873 g/mol. The summed E-state index contributed by atoms with van der Waals surface area (Å²) >= 11 is 0. The number of carbonyl (C=O) groups excluding carboxylic acids is 5. The minimum Gasteiger partial charge on any atom is -0.494 e. The SMILES string of the molecule is CCn1nc(C)cc1C(=O)Nc1nc2cc(C(N)=O)cc(OC)c2n1CC=CCn1c(NC(=O)c2cc(C)nn2CC)nc2cc(C(N)=O)cc(OCC#CC3CCN(C(=O)NC4CC4)CC3)c21. The molecule has 0 atom stereocenters. The summed E-state index contributed by atoms with van der Waals surface area (Å²) in [6.45, 7) is 9.73. The van der Waals surface area contributed by atoms with E-state index in [-0.39, 0.29) is 60.4 Å². The number of anilines is 2. The number of imidazole rings is 2. The number of benzene rings is 2. The van der Waals surface area contributed by atoms with Crippen LogP contribution >= 0.6 is 0 Å². The van der Waals surface area contributed by atoms with Gasteiger partial charge >= 0.3 is 6.03 Å². The Labute approximate surface area is 391 Å². The molecule has 1 saturated heterocycles. The Bertz CT molecular complexity index is 3040. The molecule has 6 amide bonds. The molecule has 6 aromatic rings. The van der Waals surface area contributed by atoms with E-state index >= 15 is 0 Å². The van der Waals surface area contributed by atoms with Crippen molar-refractivity contribution in [3.63, 3.8) is 0 Å². The van der Waals surface area contributed by atoms with Gasteiger partial charge in [0.25, 0.3) is 11.8 Å². The fourth-order valence-corrected chi connectivity index (χ4v) is 8.21. The minimum atomic E-state index is -0.703. The summed E-state index contributed by atoms with van der Waals surface area (Å²) in [5.74, 6) is 5.09. The first-order valence-electron chi connectivity index (χ1n) is 22.5. The molecule has 0 radical (unpaired) electrons. The predicted molar refractivity (Wildman–Crippen MR) is 252 cm³/mol. The van der Waals surface area contributed by atoms with Gasteiger partial charge in [0.15, 0.2) is 0 Å². The van der Waals surface area contributed by atoms with Crippen LogP contribution in [0.2, 0.25) is 0 Å². The average Bonchev–Trinajstić information content (AvgIpc) is 3.58. The van der Waals surface area contributed by atoms with Crippen molar-refractivity contribution in [2.24, 2.45) is 17.4 Å². The van der Waals surface area contributed by atoms with Crippen LogP contribution in [-0.4, -0.2) is 106 Å². The number of nitrogens with one attached hydrogen (secondary N) is 3. The second kappa shape index (κ2) is 19.8. The number of aromatic nitrogens is 8. The first-order valence-corrected chi connectivity index (χ1v) is 22.5. The van der Waals surface area contributed by atoms with E-state index < -0.39 is 23.6 Å². The normalized spacial score (nSPS) is 14.0. The molecule has 21 nitrogen and oxygen atoms in total. The Kier molecular flexibility index (Phi) is 13.5. The number of carbonyl (C=O) groups is 5. The number of likely N-dealkylation sites (tertiary alicyclic amines) is 1. The van der Waals surface area contributed by atoms with E-state index in [1.807, 2.05) is 30.9 Å². The van der Waals surface area contributed by atoms with Gasteiger partial charge in [0.1, 0.15) is 40.5 Å². The number of nitrogens with zero attached hydrogens (tertiary/aromatic N) is 9. The number of primary amides is 2. The van der Waals surface area contributed by atoms with Gasteiger partial charge < -0.3 is 40.3 Å². The molecule has 68 heavy (non-hydrogen) atoms. The monoisotopic (exact) mass is 926 g/mol. The summed E-state index contributed by atoms with van der Waals surface area (Å²) in [4.78, 5) is 76.4. The van der Waals surface area contributed by atoms with E-state index in [1.54, 1.807) is 44.5 Å². The highest BCUT2D eigenvalue weighted by Crippen LogP contribution is 2.33. The fraction of sp³-hybridized carbons (Fsp3) is 0.383. The van der Waals surface area contributed by atoms with E-state index in [2.05, 4.69) is 38.0 Å². The highest BCUT2D eigenvalue weighted by atomic mass is 16.5. The first-order chi connectivity index (χ1) is 32.7. The van der Waals surface area contributed by atoms with E-state index in [4.69, 9.17) is 30.9 Å². The first kappa shape index (κ1) is 46.4. The van der Waals surface area contributed by atoms with Gasteiger partial charge in [-0.2, -0.15) is 10.2 Å². The number of piperidine rings is 1. The quantitative estimate of drug-likeness (QED) is 0.0672. The number of nitrogens with two attached hydrogens (primary N) is 2. The zero-order valence-electron chi connectivity index (χ0n) is 38.6. The summed E-state index contributed by atoms with van der Waals surface area (Å²) in [5, 5.41) is 17.7. The average molecular weight is 927 g/mol. The molecule has 0 bridgehead atoms. The van der Waals surface area contributed by atoms with Crippen molar-refractivity contribution < 1.29 is 33.4 Å². The van der Waals surface area contributed by atoms with Crippen molar-refractivity contribution >= 4 is 63.6 Å². The Hall–Kier alpha value is -8.15. The van der Waals surface area contributed by atoms with Crippen LogP contribution in [0.25, 0.3) is 22.1 Å². The van der Waals surface area contributed by atoms with Crippen molar-refractivity contribution in [2.75, 3.05) is 37.4 Å². The molecule has 8 rings (SSSR count). The molecule has 0 unspecified atom stereocenters. The van der Waals surface area contributed by atoms with E-state index in [9.17, 15) is 24.0 Å². The van der Waals surface area contributed by atoms with Gasteiger partial charge in [-0.1, -0.05) is 24.0 Å². The van der Waals surface area contributed by atoms with Crippen molar-refractivity contribution in [1.29, 1.82) is 0 Å². The van der Waals surface area contributed by atoms with E-state index in [1.165, 1.54) is 31.4 Å². The molecule has 1 aliphatic carbocycles. The van der Waals surface area contributed by atoms with Crippen LogP contribution in [0.3, 0.4) is 0 Å². The third kappa shape index (κ3) is 9.98. The smallest absolute Gasteiger partial charge is 0.317 e. The topological polar surface area (TPSA) is 266 Å². The van der Waals surface area contributed by atoms with Crippen LogP contribution in [0, 0.1) is 31.6 Å². The number of hydrogen-bond donors (Lipinski definition) is 5. The summed E-state index contributed by atoms with van der Waals surface area (Å²) in [6.07, 6.45) is 7.19. The number of rotatable bonds is 16. The maximum Gasteiger partial charge on any atom is 0.317 e. The molecule has 2 aromatic carbocycles. The van der Waals surface area contributed by atoms with E-state index in [0.29, 0.717) is 82.8 Å². The lowest BCUT2D eigenvalue weighted by atomic mass is 9.98. The largest absolute Gasteiger partial charge is 0.494 e. The molecule has 0 spiro atoms. The Morgan fingerprint density at radius 1 is 0.735 bits per heavy atom. The molecule has 4 aromatic heterocycles. The Morgan fingerprint density at radius 3 is 1.71 bits per heavy atom. The lowest BCUT2D eigenvalue weighted by Crippen LogP contribution is -2.45. The number of ether oxygens (including phenoxy) is 2. The van der Waals surface area contributed by atoms with Gasteiger partial charge in [0.05, 0.1) is 29.5 Å². The van der Waals surface area contributed by atoms with Crippen LogP contribution in [0.15, 0.2) is 48.6 Å². The van der Waals surface area contributed by atoms with Crippen molar-refractivity contribution in [1.82, 2.24) is 48.9 Å². The van der Waals surface area contributed by atoms with Crippen LogP contribution in [0.1, 0.15) is 92.6 Å². The maximum atomic E-state index is 13.9. The number of amides is 6. The molecule has 2 fully saturated rings. The predicted octanol–water partition coefficient (Wildman–Crippen LogP) is 4.37. The van der Waals surface area contributed by atoms with Crippen LogP contribution < -0.4 is 36.9 Å². The Balaban J connectivity index is 1.11. The number of urea groups is 1. The second-order valence-corrected chi connectivity index (χ2v) is 16.7. The molecule has 21 heteroatoms. The summed E-state index contributed by atoms with van der Waals surface area (Å²) in [6, 6.07) is 9.73. The van der Waals surface area contributed by atoms with Crippen LogP contribution in [-0.2, 0) is 26.2 Å². The fourth-order valence-electron chi connectivity index (χ4n) is 8.21. The molecular formula is C47H54N14O7. The van der Waals surface area contributed by atoms with Gasteiger partial charge in [-0.05, 0) is 89.8 Å². The maximum absolute atomic E-state index is 13.9. The molecule has 7 N–H and O–H groups in total. The zero-order chi connectivity index (χ0) is 48.2. The lowest BCUT2D eigenvalue weighted by molar-refractivity contribution is 0.0991. The molecule has 354 valence electrons. The highest BCUT2D eigenvalue weighted by Gasteiger charge is 2.28. The number of fused-ring (bicyclic) bond motifs is 2. The van der Waals surface area contributed by atoms with Gasteiger partial charge in [-0.3, -0.25) is 39.2 Å². The summed E-state index contributed by atoms with van der Waals surface area (Å²) in [7, 11) is 1.46. The van der Waals surface area contributed by atoms with E-state index in [0.717, 1.165) is 25.7 Å². The third-order valence-corrected chi connectivity index (χ3v) is 11.8. The number of allylic oxidation sites excluding steroid dienone is 2. The number of hydrogen-bond acceptors (Lipinski definition) is 11. The lowest BCUT2D eigenvalue weighted by Gasteiger charge is -2.29. The van der Waals surface area contributed by atoms with Crippen molar-refractivity contribution in [3.05, 3.63) is 82.5 Å². The van der Waals surface area contributed by atoms with Gasteiger partial charge in [-0.15, -0.1) is 0 Å². The van der Waals surface area contributed by atoms with Crippen molar-refractivity contribution in [2.45, 2.75) is 85.6 Å². The van der Waals surface area contributed by atoms with Gasteiger partial charge in [-0.25, -0.2) is 14.8 Å². The zero-order valence-corrected chi connectivity index (χ0v) is 38.6. The number of aryl methyl sites for hydroxylation is 4. The standard InChI is InChI=1S/C47H54N14O7/c1-6-60-35(21-27(3)55-60)43(64)53-45-51-33-23-30(41(48)62)25-37(67-5)39(33)58(45)16-8-9-17-59-40-34(52-46(59)54-44(65)36-22-28(4)56-61(36)7-2)24-31(42(49)63)26-38(40)68-20-10-11-29-14-18-57(19-15-29)47(66)50-32-12-13-32/h8-9,21-26,29,32H,6-7,12-20H2,1-5H3,(H2,48,62)(H2,49,63)(H,50,66)(H,51,53,64)(H,52,54,65). The summed E-state index contributed by atoms with van der Waals surface area (Å²) in [5.41, 5.74) is 15.4. The molecule has 1 aliphatic heterocycles. The molecule has 2 aliphatic rings. The summed E-state index contributed by atoms with van der Waals surface area (Å²) < 4.78 is 18.7. The van der Waals surface area contributed by atoms with Gasteiger partial charge in [0, 0.05) is 62.4 Å². The Morgan fingerprint density at radius 2 is 1.24 bits per heavy atom. The third-order valence-electron chi connectivity index (χ3n) is 11.8. The second-order valence-electron chi connectivity index (χ2n) is 16.7. The van der Waals surface area contributed by atoms with Crippen LogP contribution in [0.5, 0.6) is 11.5 Å². The number of methoxy groups -OCH3 is 1. The van der Waals surface area contributed by atoms with Gasteiger partial charge in [0.2, 0.25) is 23.7 Å². The molecule has 5 heterocycles. The minimum absolute atomic E-state index is 0.0234.